The van der Waals surface area contributed by atoms with Crippen LogP contribution in [0.5, 0.6) is 0 Å². The van der Waals surface area contributed by atoms with Gasteiger partial charge < -0.3 is 14.5 Å². The van der Waals surface area contributed by atoms with E-state index in [2.05, 4.69) is 25.7 Å². The number of rotatable bonds is 4. The Morgan fingerprint density at radius 2 is 2.10 bits per heavy atom. The first-order valence-electron chi connectivity index (χ1n) is 8.65. The van der Waals surface area contributed by atoms with Crippen LogP contribution in [0.4, 0.5) is 0 Å². The minimum absolute atomic E-state index is 0.101. The Morgan fingerprint density at radius 1 is 1.33 bits per heavy atom. The molecule has 4 heteroatoms. The summed E-state index contributed by atoms with van der Waals surface area (Å²) in [7, 11) is 0. The summed E-state index contributed by atoms with van der Waals surface area (Å²) in [5.74, 6) is 0.922. The number of likely N-dealkylation sites (tertiary alicyclic amines) is 1. The Labute approximate surface area is 129 Å². The lowest BCUT2D eigenvalue weighted by Gasteiger charge is -2.44. The van der Waals surface area contributed by atoms with Crippen LogP contribution in [0, 0.1) is 5.92 Å². The first-order valence-corrected chi connectivity index (χ1v) is 8.65. The number of morpholine rings is 1. The summed E-state index contributed by atoms with van der Waals surface area (Å²) in [5, 5.41) is 0. The van der Waals surface area contributed by atoms with Crippen molar-refractivity contribution in [2.75, 3.05) is 32.7 Å². The van der Waals surface area contributed by atoms with Gasteiger partial charge in [-0.25, -0.2) is 0 Å². The van der Waals surface area contributed by atoms with Crippen molar-refractivity contribution in [3.8, 4) is 0 Å². The molecule has 0 unspecified atom stereocenters. The molecule has 2 atom stereocenters. The van der Waals surface area contributed by atoms with Crippen LogP contribution in [0.2, 0.25) is 0 Å². The van der Waals surface area contributed by atoms with Crippen molar-refractivity contribution in [2.24, 2.45) is 5.92 Å². The predicted molar refractivity (Wildman–Crippen MR) is 85.3 cm³/mol. The largest absolute Gasteiger partial charge is 0.360 e. The van der Waals surface area contributed by atoms with Crippen molar-refractivity contribution in [1.82, 2.24) is 9.80 Å². The summed E-state index contributed by atoms with van der Waals surface area (Å²) in [6, 6.07) is 0. The number of amides is 1. The molecule has 2 heterocycles. The SMILES string of the molecule is CCN1C[C@]2(CCCN(CCC(C)C)CC2)O[C@@H](C)C1=O. The first-order chi connectivity index (χ1) is 9.96. The molecular weight excluding hydrogens is 264 g/mol. The average molecular weight is 296 g/mol. The molecule has 0 aromatic rings. The van der Waals surface area contributed by atoms with Crippen molar-refractivity contribution in [1.29, 1.82) is 0 Å². The van der Waals surface area contributed by atoms with Gasteiger partial charge in [-0.3, -0.25) is 4.79 Å². The Hall–Kier alpha value is -0.610. The highest BCUT2D eigenvalue weighted by atomic mass is 16.5. The van der Waals surface area contributed by atoms with Crippen LogP contribution in [0.15, 0.2) is 0 Å². The lowest BCUT2D eigenvalue weighted by Crippen LogP contribution is -2.58. The fourth-order valence-electron chi connectivity index (χ4n) is 3.58. The summed E-state index contributed by atoms with van der Waals surface area (Å²) < 4.78 is 6.20. The first kappa shape index (κ1) is 16.8. The molecule has 21 heavy (non-hydrogen) atoms. The molecule has 122 valence electrons. The third kappa shape index (κ3) is 4.19. The maximum absolute atomic E-state index is 12.1. The smallest absolute Gasteiger partial charge is 0.251 e. The molecule has 2 aliphatic rings. The highest BCUT2D eigenvalue weighted by molar-refractivity contribution is 5.81. The number of carbonyl (C=O) groups excluding carboxylic acids is 1. The number of nitrogens with zero attached hydrogens (tertiary/aromatic N) is 2. The van der Waals surface area contributed by atoms with E-state index in [9.17, 15) is 4.79 Å². The fraction of sp³-hybridized carbons (Fsp3) is 0.941. The highest BCUT2D eigenvalue weighted by Crippen LogP contribution is 2.32. The molecule has 0 saturated carbocycles. The van der Waals surface area contributed by atoms with Gasteiger partial charge in [-0.15, -0.1) is 0 Å². The molecule has 0 aliphatic carbocycles. The van der Waals surface area contributed by atoms with Crippen molar-refractivity contribution < 1.29 is 9.53 Å². The normalized spacial score (nSPS) is 32.0. The molecule has 2 aliphatic heterocycles. The van der Waals surface area contributed by atoms with Gasteiger partial charge in [0.05, 0.1) is 5.60 Å². The second-order valence-electron chi connectivity index (χ2n) is 7.17. The predicted octanol–water partition coefficient (Wildman–Crippen LogP) is 2.52. The van der Waals surface area contributed by atoms with E-state index in [1.807, 2.05) is 11.8 Å². The number of hydrogen-bond donors (Lipinski definition) is 0. The third-order valence-electron chi connectivity index (χ3n) is 4.96. The molecule has 0 N–H and O–H groups in total. The van der Waals surface area contributed by atoms with Gasteiger partial charge in [0.1, 0.15) is 6.10 Å². The van der Waals surface area contributed by atoms with Crippen LogP contribution in [-0.2, 0) is 9.53 Å². The number of hydrogen-bond acceptors (Lipinski definition) is 3. The highest BCUT2D eigenvalue weighted by Gasteiger charge is 2.43. The van der Waals surface area contributed by atoms with E-state index in [0.29, 0.717) is 0 Å². The van der Waals surface area contributed by atoms with Crippen LogP contribution in [-0.4, -0.2) is 60.1 Å². The Bertz CT molecular complexity index is 359. The maximum atomic E-state index is 12.1. The molecule has 1 amide bonds. The molecule has 2 rings (SSSR count). The topological polar surface area (TPSA) is 32.8 Å². The van der Waals surface area contributed by atoms with Crippen molar-refractivity contribution in [3.63, 3.8) is 0 Å². The number of carbonyl (C=O) groups is 1. The van der Waals surface area contributed by atoms with E-state index in [1.54, 1.807) is 0 Å². The summed E-state index contributed by atoms with van der Waals surface area (Å²) in [6.45, 7) is 13.6. The van der Waals surface area contributed by atoms with Crippen LogP contribution < -0.4 is 0 Å². The third-order valence-corrected chi connectivity index (χ3v) is 4.96. The standard InChI is InChI=1S/C17H32N2O2/c1-5-19-13-17(21-15(4)16(19)20)8-6-10-18(12-9-17)11-7-14(2)3/h14-15H,5-13H2,1-4H3/t15-,17+/m0/s1. The maximum Gasteiger partial charge on any atom is 0.251 e. The summed E-state index contributed by atoms with van der Waals surface area (Å²) in [6.07, 6.45) is 4.31. The zero-order valence-electron chi connectivity index (χ0n) is 14.2. The molecule has 1 spiro atoms. The minimum atomic E-state index is -0.277. The summed E-state index contributed by atoms with van der Waals surface area (Å²) in [5.41, 5.74) is -0.101. The Kier molecular flexibility index (Phi) is 5.67. The van der Waals surface area contributed by atoms with Gasteiger partial charge in [0.15, 0.2) is 0 Å². The number of likely N-dealkylation sites (N-methyl/N-ethyl adjacent to an activating group) is 1. The van der Waals surface area contributed by atoms with Gasteiger partial charge in [-0.05, 0) is 58.5 Å². The lowest BCUT2D eigenvalue weighted by molar-refractivity contribution is -0.182. The summed E-state index contributed by atoms with van der Waals surface area (Å²) >= 11 is 0. The van der Waals surface area contributed by atoms with E-state index >= 15 is 0 Å². The van der Waals surface area contributed by atoms with Gasteiger partial charge in [0.25, 0.3) is 5.91 Å². The van der Waals surface area contributed by atoms with E-state index in [-0.39, 0.29) is 17.6 Å². The summed E-state index contributed by atoms with van der Waals surface area (Å²) in [4.78, 5) is 16.7. The van der Waals surface area contributed by atoms with Gasteiger partial charge >= 0.3 is 0 Å². The fourth-order valence-corrected chi connectivity index (χ4v) is 3.58. The Balaban J connectivity index is 1.96. The van der Waals surface area contributed by atoms with Crippen molar-refractivity contribution in [3.05, 3.63) is 0 Å². The molecular formula is C17H32N2O2. The molecule has 0 bridgehead atoms. The van der Waals surface area contributed by atoms with Crippen molar-refractivity contribution >= 4 is 5.91 Å². The lowest BCUT2D eigenvalue weighted by atomic mass is 9.91. The van der Waals surface area contributed by atoms with E-state index in [0.717, 1.165) is 38.4 Å². The average Bonchev–Trinajstić information content (AvgIpc) is 2.63. The zero-order chi connectivity index (χ0) is 15.5. The zero-order valence-corrected chi connectivity index (χ0v) is 14.2. The van der Waals surface area contributed by atoms with Crippen LogP contribution in [0.25, 0.3) is 0 Å². The van der Waals surface area contributed by atoms with Crippen molar-refractivity contribution in [2.45, 2.75) is 65.1 Å². The van der Waals surface area contributed by atoms with Gasteiger partial charge in [0, 0.05) is 19.6 Å². The van der Waals surface area contributed by atoms with E-state index in [4.69, 9.17) is 4.74 Å². The molecule has 4 nitrogen and oxygen atoms in total. The Morgan fingerprint density at radius 3 is 2.76 bits per heavy atom. The van der Waals surface area contributed by atoms with Gasteiger partial charge in [-0.1, -0.05) is 13.8 Å². The quantitative estimate of drug-likeness (QED) is 0.799. The van der Waals surface area contributed by atoms with Crippen LogP contribution in [0.1, 0.15) is 53.4 Å². The van der Waals surface area contributed by atoms with Crippen LogP contribution >= 0.6 is 0 Å². The molecule has 2 saturated heterocycles. The molecule has 0 radical (unpaired) electrons. The van der Waals surface area contributed by atoms with Crippen LogP contribution in [0.3, 0.4) is 0 Å². The minimum Gasteiger partial charge on any atom is -0.360 e. The molecule has 0 aromatic heterocycles. The second kappa shape index (κ2) is 7.10. The molecule has 2 fully saturated rings. The monoisotopic (exact) mass is 296 g/mol. The van der Waals surface area contributed by atoms with E-state index < -0.39 is 0 Å². The molecule has 0 aromatic carbocycles. The number of ether oxygens (including phenoxy) is 1. The van der Waals surface area contributed by atoms with Gasteiger partial charge in [-0.2, -0.15) is 0 Å². The second-order valence-corrected chi connectivity index (χ2v) is 7.17. The van der Waals surface area contributed by atoms with E-state index in [1.165, 1.54) is 25.9 Å². The van der Waals surface area contributed by atoms with Gasteiger partial charge in [0.2, 0.25) is 0 Å².